The number of ether oxygens (including phenoxy) is 1. The number of hydrogen-bond donors (Lipinski definition) is 0. The van der Waals surface area contributed by atoms with Gasteiger partial charge in [0.25, 0.3) is 5.91 Å². The fourth-order valence-electron chi connectivity index (χ4n) is 2.12. The molecule has 0 aliphatic carbocycles. The molecular weight excluding hydrogens is 273 g/mol. The first-order valence-corrected chi connectivity index (χ1v) is 6.23. The molecule has 0 bridgehead atoms. The molecule has 1 aliphatic heterocycles. The number of likely N-dealkylation sites (tertiary alicyclic amines) is 1. The summed E-state index contributed by atoms with van der Waals surface area (Å²) in [5, 5.41) is -0.0884. The minimum atomic E-state index is -0.563. The van der Waals surface area contributed by atoms with E-state index >= 15 is 0 Å². The van der Waals surface area contributed by atoms with E-state index in [4.69, 9.17) is 11.6 Å². The fourth-order valence-corrected chi connectivity index (χ4v) is 2.30. The van der Waals surface area contributed by atoms with E-state index in [0.29, 0.717) is 25.1 Å². The van der Waals surface area contributed by atoms with Crippen LogP contribution in [0.25, 0.3) is 0 Å². The van der Waals surface area contributed by atoms with Crippen molar-refractivity contribution in [3.05, 3.63) is 34.6 Å². The summed E-state index contributed by atoms with van der Waals surface area (Å²) < 4.78 is 17.7. The van der Waals surface area contributed by atoms with Crippen molar-refractivity contribution in [2.24, 2.45) is 5.92 Å². The number of amides is 1. The van der Waals surface area contributed by atoms with Crippen molar-refractivity contribution in [2.75, 3.05) is 20.2 Å². The lowest BCUT2D eigenvalue weighted by Gasteiger charge is -2.16. The minimum Gasteiger partial charge on any atom is -0.469 e. The predicted octanol–water partition coefficient (Wildman–Crippen LogP) is 2.11. The molecule has 102 valence electrons. The van der Waals surface area contributed by atoms with Gasteiger partial charge in [-0.15, -0.1) is 0 Å². The Morgan fingerprint density at radius 2 is 2.21 bits per heavy atom. The van der Waals surface area contributed by atoms with Crippen molar-refractivity contribution < 1.29 is 18.7 Å². The third-order valence-corrected chi connectivity index (χ3v) is 3.47. The van der Waals surface area contributed by atoms with Crippen LogP contribution in [0.5, 0.6) is 0 Å². The van der Waals surface area contributed by atoms with Gasteiger partial charge in [-0.2, -0.15) is 0 Å². The monoisotopic (exact) mass is 285 g/mol. The molecule has 1 aromatic rings. The Morgan fingerprint density at radius 3 is 2.84 bits per heavy atom. The molecule has 2 rings (SSSR count). The standard InChI is InChI=1S/C13H13ClFNO3/c1-19-13(18)9-4-5-16(7-9)12(17)8-2-3-11(15)10(14)6-8/h2-3,6,9H,4-5,7H2,1H3. The molecule has 1 saturated heterocycles. The molecule has 0 radical (unpaired) electrons. The summed E-state index contributed by atoms with van der Waals surface area (Å²) in [6.45, 7) is 0.800. The van der Waals surface area contributed by atoms with E-state index in [1.54, 1.807) is 4.90 Å². The third-order valence-electron chi connectivity index (χ3n) is 3.18. The molecule has 0 N–H and O–H groups in total. The highest BCUT2D eigenvalue weighted by Crippen LogP contribution is 2.22. The van der Waals surface area contributed by atoms with Crippen LogP contribution in [0.3, 0.4) is 0 Å². The Bertz CT molecular complexity index is 521. The normalized spacial score (nSPS) is 18.5. The Balaban J connectivity index is 2.09. The highest BCUT2D eigenvalue weighted by Gasteiger charge is 2.32. The molecule has 1 atom stereocenters. The lowest BCUT2D eigenvalue weighted by Crippen LogP contribution is -2.30. The second-order valence-corrected chi connectivity index (χ2v) is 4.80. The lowest BCUT2D eigenvalue weighted by molar-refractivity contribution is -0.144. The van der Waals surface area contributed by atoms with E-state index in [0.717, 1.165) is 6.07 Å². The second-order valence-electron chi connectivity index (χ2n) is 4.39. The number of halogens is 2. The molecule has 0 spiro atoms. The van der Waals surface area contributed by atoms with Gasteiger partial charge in [0.1, 0.15) is 5.82 Å². The SMILES string of the molecule is COC(=O)C1CCN(C(=O)c2ccc(F)c(Cl)c2)C1. The maximum absolute atomic E-state index is 13.0. The van der Waals surface area contributed by atoms with Crippen molar-refractivity contribution in [1.82, 2.24) is 4.90 Å². The maximum Gasteiger partial charge on any atom is 0.310 e. The van der Waals surface area contributed by atoms with Gasteiger partial charge in [0, 0.05) is 18.7 Å². The molecule has 0 saturated carbocycles. The quantitative estimate of drug-likeness (QED) is 0.782. The van der Waals surface area contributed by atoms with Gasteiger partial charge in [-0.3, -0.25) is 9.59 Å². The Kier molecular flexibility index (Phi) is 4.04. The van der Waals surface area contributed by atoms with Crippen LogP contribution in [0, 0.1) is 11.7 Å². The Morgan fingerprint density at radius 1 is 1.47 bits per heavy atom. The highest BCUT2D eigenvalue weighted by molar-refractivity contribution is 6.31. The second kappa shape index (κ2) is 5.57. The predicted molar refractivity (Wildman–Crippen MR) is 67.4 cm³/mol. The van der Waals surface area contributed by atoms with Crippen LogP contribution >= 0.6 is 11.6 Å². The van der Waals surface area contributed by atoms with Crippen molar-refractivity contribution in [3.63, 3.8) is 0 Å². The van der Waals surface area contributed by atoms with Gasteiger partial charge in [0.05, 0.1) is 18.1 Å². The number of benzene rings is 1. The molecule has 0 aromatic heterocycles. The van der Waals surface area contributed by atoms with Crippen LogP contribution in [0.4, 0.5) is 4.39 Å². The van der Waals surface area contributed by atoms with E-state index in [-0.39, 0.29) is 22.8 Å². The Labute approximate surface area is 115 Å². The van der Waals surface area contributed by atoms with E-state index in [1.165, 1.54) is 19.2 Å². The van der Waals surface area contributed by atoms with Crippen LogP contribution in [0.15, 0.2) is 18.2 Å². The summed E-state index contributed by atoms with van der Waals surface area (Å²) in [6, 6.07) is 3.84. The summed E-state index contributed by atoms with van der Waals surface area (Å²) in [5.74, 6) is -1.42. The van der Waals surface area contributed by atoms with Crippen molar-refractivity contribution in [3.8, 4) is 0 Å². The first kappa shape index (κ1) is 13.8. The van der Waals surface area contributed by atoms with E-state index < -0.39 is 5.82 Å². The largest absolute Gasteiger partial charge is 0.469 e. The van der Waals surface area contributed by atoms with Gasteiger partial charge >= 0.3 is 5.97 Å². The maximum atomic E-state index is 13.0. The zero-order chi connectivity index (χ0) is 14.0. The first-order chi connectivity index (χ1) is 9.02. The average Bonchev–Trinajstić information content (AvgIpc) is 2.89. The number of methoxy groups -OCH3 is 1. The topological polar surface area (TPSA) is 46.6 Å². The van der Waals surface area contributed by atoms with Gasteiger partial charge < -0.3 is 9.64 Å². The van der Waals surface area contributed by atoms with Crippen LogP contribution in [0.1, 0.15) is 16.8 Å². The zero-order valence-corrected chi connectivity index (χ0v) is 11.1. The summed E-state index contributed by atoms with van der Waals surface area (Å²) in [4.78, 5) is 25.1. The average molecular weight is 286 g/mol. The van der Waals surface area contributed by atoms with Crippen LogP contribution in [0.2, 0.25) is 5.02 Å². The molecule has 1 aromatic carbocycles. The summed E-state index contributed by atoms with van der Waals surface area (Å²) in [5.41, 5.74) is 0.317. The number of esters is 1. The van der Waals surface area contributed by atoms with Gasteiger partial charge in [-0.25, -0.2) is 4.39 Å². The number of carbonyl (C=O) groups is 2. The minimum absolute atomic E-state index is 0.0884. The van der Waals surface area contributed by atoms with Crippen molar-refractivity contribution >= 4 is 23.5 Å². The van der Waals surface area contributed by atoms with Gasteiger partial charge in [-0.1, -0.05) is 11.6 Å². The van der Waals surface area contributed by atoms with Crippen LogP contribution in [-0.2, 0) is 9.53 Å². The molecule has 1 unspecified atom stereocenters. The number of carbonyl (C=O) groups excluding carboxylic acids is 2. The zero-order valence-electron chi connectivity index (χ0n) is 10.4. The molecule has 1 fully saturated rings. The number of hydrogen-bond acceptors (Lipinski definition) is 3. The molecular formula is C13H13ClFNO3. The highest BCUT2D eigenvalue weighted by atomic mass is 35.5. The molecule has 1 heterocycles. The van der Waals surface area contributed by atoms with E-state index in [2.05, 4.69) is 4.74 Å². The molecule has 1 aliphatic rings. The van der Waals surface area contributed by atoms with E-state index in [9.17, 15) is 14.0 Å². The smallest absolute Gasteiger partial charge is 0.310 e. The van der Waals surface area contributed by atoms with Crippen LogP contribution < -0.4 is 0 Å². The first-order valence-electron chi connectivity index (χ1n) is 5.85. The summed E-state index contributed by atoms with van der Waals surface area (Å²) >= 11 is 5.65. The van der Waals surface area contributed by atoms with Crippen molar-refractivity contribution in [2.45, 2.75) is 6.42 Å². The Hall–Kier alpha value is -1.62. The molecule has 19 heavy (non-hydrogen) atoms. The number of nitrogens with zero attached hydrogens (tertiary/aromatic N) is 1. The van der Waals surface area contributed by atoms with E-state index in [1.807, 2.05) is 0 Å². The van der Waals surface area contributed by atoms with Gasteiger partial charge in [0.2, 0.25) is 0 Å². The third kappa shape index (κ3) is 2.87. The van der Waals surface area contributed by atoms with Crippen LogP contribution in [-0.4, -0.2) is 37.0 Å². The molecule has 6 heteroatoms. The number of rotatable bonds is 2. The summed E-state index contributed by atoms with van der Waals surface area (Å²) in [6.07, 6.45) is 0.577. The summed E-state index contributed by atoms with van der Waals surface area (Å²) in [7, 11) is 1.33. The lowest BCUT2D eigenvalue weighted by atomic mass is 10.1. The van der Waals surface area contributed by atoms with Gasteiger partial charge in [0.15, 0.2) is 0 Å². The molecule has 4 nitrogen and oxygen atoms in total. The van der Waals surface area contributed by atoms with Crippen molar-refractivity contribution in [1.29, 1.82) is 0 Å². The molecule has 1 amide bonds. The van der Waals surface area contributed by atoms with Gasteiger partial charge in [-0.05, 0) is 24.6 Å². The fraction of sp³-hybridized carbons (Fsp3) is 0.385.